The van der Waals surface area contributed by atoms with E-state index in [-0.39, 0.29) is 11.5 Å². The summed E-state index contributed by atoms with van der Waals surface area (Å²) in [7, 11) is 0. The average molecular weight is 401 g/mol. The highest BCUT2D eigenvalue weighted by Crippen LogP contribution is 2.09. The standard InChI is InChI=1S/C23H23N5O2/c1-16-6-8-19(9-7-16)22(29)24-10-11-28-21-20(13-26-28)23(30)27(15-25-21)14-18-5-3-4-17(2)12-18/h3-9,12-13,15H,10-11,14H2,1-2H3,(H,24,29). The Kier molecular flexibility index (Phi) is 5.43. The van der Waals surface area contributed by atoms with E-state index >= 15 is 0 Å². The Labute approximate surface area is 174 Å². The highest BCUT2D eigenvalue weighted by molar-refractivity contribution is 5.94. The fraction of sp³-hybridized carbons (Fsp3) is 0.217. The van der Waals surface area contributed by atoms with Crippen LogP contribution in [0.1, 0.15) is 27.0 Å². The van der Waals surface area contributed by atoms with E-state index in [1.165, 1.54) is 0 Å². The van der Waals surface area contributed by atoms with E-state index in [0.29, 0.717) is 36.2 Å². The zero-order valence-corrected chi connectivity index (χ0v) is 17.0. The predicted molar refractivity (Wildman–Crippen MR) is 116 cm³/mol. The molecule has 2 aromatic carbocycles. The van der Waals surface area contributed by atoms with Crippen LogP contribution in [-0.4, -0.2) is 31.8 Å². The monoisotopic (exact) mass is 401 g/mol. The maximum Gasteiger partial charge on any atom is 0.264 e. The van der Waals surface area contributed by atoms with Crippen LogP contribution >= 0.6 is 0 Å². The molecule has 0 saturated carbocycles. The molecule has 2 heterocycles. The number of hydrogen-bond acceptors (Lipinski definition) is 4. The normalized spacial score (nSPS) is 11.0. The van der Waals surface area contributed by atoms with E-state index in [0.717, 1.165) is 16.7 Å². The number of rotatable bonds is 6. The van der Waals surface area contributed by atoms with Gasteiger partial charge in [-0.3, -0.25) is 14.2 Å². The second-order valence-electron chi connectivity index (χ2n) is 7.39. The van der Waals surface area contributed by atoms with Crippen LogP contribution < -0.4 is 10.9 Å². The molecule has 0 spiro atoms. The van der Waals surface area contributed by atoms with Gasteiger partial charge in [0.15, 0.2) is 5.65 Å². The van der Waals surface area contributed by atoms with Gasteiger partial charge in [-0.15, -0.1) is 0 Å². The Morgan fingerprint density at radius 3 is 2.63 bits per heavy atom. The summed E-state index contributed by atoms with van der Waals surface area (Å²) in [6, 6.07) is 15.4. The van der Waals surface area contributed by atoms with E-state index in [2.05, 4.69) is 21.5 Å². The maximum absolute atomic E-state index is 12.8. The number of nitrogens with one attached hydrogen (secondary N) is 1. The Balaban J connectivity index is 1.45. The minimum absolute atomic E-state index is 0.128. The van der Waals surface area contributed by atoms with Gasteiger partial charge in [-0.05, 0) is 31.5 Å². The first kappa shape index (κ1) is 19.6. The molecule has 30 heavy (non-hydrogen) atoms. The predicted octanol–water partition coefficient (Wildman–Crippen LogP) is 2.69. The fourth-order valence-electron chi connectivity index (χ4n) is 3.36. The number of aromatic nitrogens is 4. The Morgan fingerprint density at radius 1 is 1.07 bits per heavy atom. The van der Waals surface area contributed by atoms with Crippen LogP contribution in [0.2, 0.25) is 0 Å². The molecule has 0 aliphatic rings. The minimum Gasteiger partial charge on any atom is -0.350 e. The molecule has 0 unspecified atom stereocenters. The van der Waals surface area contributed by atoms with Crippen molar-refractivity contribution in [1.29, 1.82) is 0 Å². The lowest BCUT2D eigenvalue weighted by Crippen LogP contribution is -2.27. The molecule has 4 aromatic rings. The fourth-order valence-corrected chi connectivity index (χ4v) is 3.36. The quantitative estimate of drug-likeness (QED) is 0.539. The van der Waals surface area contributed by atoms with Gasteiger partial charge in [0.1, 0.15) is 11.7 Å². The Hall–Kier alpha value is -3.74. The number of aryl methyl sites for hydroxylation is 2. The molecule has 7 heteroatoms. The molecule has 2 aromatic heterocycles. The summed E-state index contributed by atoms with van der Waals surface area (Å²) >= 11 is 0. The maximum atomic E-state index is 12.8. The van der Waals surface area contributed by atoms with Crippen molar-refractivity contribution in [3.8, 4) is 0 Å². The van der Waals surface area contributed by atoms with Crippen LogP contribution in [0.4, 0.5) is 0 Å². The SMILES string of the molecule is Cc1ccc(C(=O)NCCn2ncc3c(=O)n(Cc4cccc(C)c4)cnc32)cc1. The van der Waals surface area contributed by atoms with Gasteiger partial charge in [-0.1, -0.05) is 47.5 Å². The highest BCUT2D eigenvalue weighted by Gasteiger charge is 2.11. The van der Waals surface area contributed by atoms with E-state index in [1.807, 2.05) is 44.2 Å². The summed E-state index contributed by atoms with van der Waals surface area (Å²) in [5.74, 6) is -0.139. The van der Waals surface area contributed by atoms with Crippen LogP contribution in [0, 0.1) is 13.8 Å². The van der Waals surface area contributed by atoms with Crippen LogP contribution in [-0.2, 0) is 13.1 Å². The molecule has 7 nitrogen and oxygen atoms in total. The lowest BCUT2D eigenvalue weighted by molar-refractivity contribution is 0.0952. The van der Waals surface area contributed by atoms with Crippen LogP contribution in [0.5, 0.6) is 0 Å². The highest BCUT2D eigenvalue weighted by atomic mass is 16.1. The van der Waals surface area contributed by atoms with Gasteiger partial charge >= 0.3 is 0 Å². The van der Waals surface area contributed by atoms with Crippen molar-refractivity contribution in [2.75, 3.05) is 6.54 Å². The molecular formula is C23H23N5O2. The molecule has 0 saturated heterocycles. The molecule has 0 aliphatic carbocycles. The van der Waals surface area contributed by atoms with Gasteiger partial charge in [0, 0.05) is 12.1 Å². The van der Waals surface area contributed by atoms with Gasteiger partial charge in [0.25, 0.3) is 11.5 Å². The lowest BCUT2D eigenvalue weighted by Gasteiger charge is -2.08. The summed E-state index contributed by atoms with van der Waals surface area (Å²) in [4.78, 5) is 29.5. The summed E-state index contributed by atoms with van der Waals surface area (Å²) in [5.41, 5.74) is 4.30. The van der Waals surface area contributed by atoms with Gasteiger partial charge in [0.2, 0.25) is 0 Å². The van der Waals surface area contributed by atoms with Crippen LogP contribution in [0.25, 0.3) is 11.0 Å². The molecule has 0 fully saturated rings. The number of carbonyl (C=O) groups excluding carboxylic acids is 1. The van der Waals surface area contributed by atoms with Gasteiger partial charge < -0.3 is 5.32 Å². The van der Waals surface area contributed by atoms with Crippen molar-refractivity contribution in [3.63, 3.8) is 0 Å². The minimum atomic E-state index is -0.139. The number of carbonyl (C=O) groups is 1. The first-order valence-electron chi connectivity index (χ1n) is 9.82. The molecular weight excluding hydrogens is 378 g/mol. The average Bonchev–Trinajstić information content (AvgIpc) is 3.14. The number of hydrogen-bond donors (Lipinski definition) is 1. The Morgan fingerprint density at radius 2 is 1.87 bits per heavy atom. The van der Waals surface area contributed by atoms with E-state index < -0.39 is 0 Å². The third-order valence-corrected chi connectivity index (χ3v) is 4.98. The van der Waals surface area contributed by atoms with Crippen LogP contribution in [0.15, 0.2) is 65.8 Å². The first-order valence-corrected chi connectivity index (χ1v) is 9.82. The third-order valence-electron chi connectivity index (χ3n) is 4.98. The molecule has 0 bridgehead atoms. The van der Waals surface area contributed by atoms with Gasteiger partial charge in [0.05, 0.1) is 19.3 Å². The van der Waals surface area contributed by atoms with Crippen molar-refractivity contribution in [2.45, 2.75) is 26.9 Å². The summed E-state index contributed by atoms with van der Waals surface area (Å²) in [5, 5.41) is 7.63. The summed E-state index contributed by atoms with van der Waals surface area (Å²) < 4.78 is 3.23. The zero-order chi connectivity index (χ0) is 21.1. The van der Waals surface area contributed by atoms with Crippen LogP contribution in [0.3, 0.4) is 0 Å². The van der Waals surface area contributed by atoms with Crippen molar-refractivity contribution >= 4 is 16.9 Å². The van der Waals surface area contributed by atoms with E-state index in [4.69, 9.17) is 0 Å². The lowest BCUT2D eigenvalue weighted by atomic mass is 10.1. The first-order chi connectivity index (χ1) is 14.5. The van der Waals surface area contributed by atoms with Crippen molar-refractivity contribution in [2.24, 2.45) is 0 Å². The Bertz CT molecular complexity index is 1250. The van der Waals surface area contributed by atoms with Gasteiger partial charge in [-0.2, -0.15) is 5.10 Å². The number of amides is 1. The topological polar surface area (TPSA) is 81.8 Å². The number of fused-ring (bicyclic) bond motifs is 1. The number of nitrogens with zero attached hydrogens (tertiary/aromatic N) is 4. The second kappa shape index (κ2) is 8.32. The summed E-state index contributed by atoms with van der Waals surface area (Å²) in [6.07, 6.45) is 3.09. The van der Waals surface area contributed by atoms with Crippen molar-refractivity contribution < 1.29 is 4.79 Å². The summed E-state index contributed by atoms with van der Waals surface area (Å²) in [6.45, 7) is 5.27. The third kappa shape index (κ3) is 4.15. The second-order valence-corrected chi connectivity index (χ2v) is 7.39. The van der Waals surface area contributed by atoms with E-state index in [9.17, 15) is 9.59 Å². The van der Waals surface area contributed by atoms with E-state index in [1.54, 1.807) is 33.9 Å². The zero-order valence-electron chi connectivity index (χ0n) is 17.0. The molecule has 4 rings (SSSR count). The van der Waals surface area contributed by atoms with Crippen molar-refractivity contribution in [3.05, 3.63) is 93.7 Å². The smallest absolute Gasteiger partial charge is 0.264 e. The van der Waals surface area contributed by atoms with Gasteiger partial charge in [-0.25, -0.2) is 9.67 Å². The molecule has 152 valence electrons. The molecule has 1 amide bonds. The van der Waals surface area contributed by atoms with Crippen molar-refractivity contribution in [1.82, 2.24) is 24.6 Å². The number of benzene rings is 2. The molecule has 0 aliphatic heterocycles. The molecule has 0 radical (unpaired) electrons. The molecule has 0 atom stereocenters. The largest absolute Gasteiger partial charge is 0.350 e. The molecule has 1 N–H and O–H groups in total.